The molecule has 0 saturated heterocycles. The van der Waals surface area contributed by atoms with Gasteiger partial charge in [0.2, 0.25) is 0 Å². The number of aromatic nitrogens is 1. The lowest BCUT2D eigenvalue weighted by atomic mass is 10.0. The highest BCUT2D eigenvalue weighted by atomic mass is 16.5. The van der Waals surface area contributed by atoms with E-state index in [4.69, 9.17) is 4.52 Å². The van der Waals surface area contributed by atoms with Gasteiger partial charge in [-0.15, -0.1) is 0 Å². The minimum absolute atomic E-state index is 0.0982. The Hall–Kier alpha value is -1.52. The highest BCUT2D eigenvalue weighted by Gasteiger charge is 2.00. The van der Waals surface area contributed by atoms with Gasteiger partial charge in [-0.3, -0.25) is 9.59 Å². The van der Waals surface area contributed by atoms with E-state index in [1.54, 1.807) is 0 Å². The second-order valence-electron chi connectivity index (χ2n) is 5.79. The van der Waals surface area contributed by atoms with Crippen LogP contribution in [0.1, 0.15) is 76.4 Å². The SMILES string of the molecule is COC(=O)CCCCCCCCCCCCc1cc(=O)[nH]o1. The summed E-state index contributed by atoms with van der Waals surface area (Å²) in [5.41, 5.74) is -0.151. The first-order valence-electron chi connectivity index (χ1n) is 8.46. The van der Waals surface area contributed by atoms with Crippen molar-refractivity contribution in [2.75, 3.05) is 7.11 Å². The first-order valence-corrected chi connectivity index (χ1v) is 8.46. The molecule has 1 rings (SSSR count). The van der Waals surface area contributed by atoms with Crippen LogP contribution in [0.3, 0.4) is 0 Å². The zero-order valence-corrected chi connectivity index (χ0v) is 13.7. The van der Waals surface area contributed by atoms with Gasteiger partial charge in [0.1, 0.15) is 5.76 Å². The number of carbonyl (C=O) groups is 1. The van der Waals surface area contributed by atoms with Gasteiger partial charge in [0.05, 0.1) is 7.11 Å². The molecule has 1 aromatic heterocycles. The molecule has 5 heteroatoms. The molecule has 126 valence electrons. The molecule has 1 heterocycles. The van der Waals surface area contributed by atoms with E-state index in [0.717, 1.165) is 31.4 Å². The number of rotatable bonds is 13. The van der Waals surface area contributed by atoms with Gasteiger partial charge in [0, 0.05) is 18.9 Å². The van der Waals surface area contributed by atoms with Gasteiger partial charge in [-0.25, -0.2) is 0 Å². The van der Waals surface area contributed by atoms with E-state index in [2.05, 4.69) is 9.89 Å². The summed E-state index contributed by atoms with van der Waals surface area (Å²) in [4.78, 5) is 21.8. The minimum atomic E-state index is -0.151. The monoisotopic (exact) mass is 311 g/mol. The molecule has 0 aromatic carbocycles. The maximum Gasteiger partial charge on any atom is 0.305 e. The number of hydrogen-bond donors (Lipinski definition) is 1. The topological polar surface area (TPSA) is 72.3 Å². The number of carbonyl (C=O) groups excluding carboxylic acids is 1. The first kappa shape index (κ1) is 18.5. The number of hydrogen-bond acceptors (Lipinski definition) is 4. The van der Waals surface area contributed by atoms with Gasteiger partial charge in [-0.2, -0.15) is 5.16 Å². The zero-order valence-electron chi connectivity index (χ0n) is 13.7. The molecule has 0 aliphatic carbocycles. The summed E-state index contributed by atoms with van der Waals surface area (Å²) in [6, 6.07) is 1.53. The van der Waals surface area contributed by atoms with Crippen molar-refractivity contribution >= 4 is 5.97 Å². The zero-order chi connectivity index (χ0) is 16.0. The van der Waals surface area contributed by atoms with Gasteiger partial charge in [-0.1, -0.05) is 51.4 Å². The van der Waals surface area contributed by atoms with E-state index in [-0.39, 0.29) is 11.5 Å². The molecule has 0 spiro atoms. The van der Waals surface area contributed by atoms with E-state index in [1.807, 2.05) is 0 Å². The van der Waals surface area contributed by atoms with Crippen molar-refractivity contribution in [1.29, 1.82) is 0 Å². The Bertz CT molecular complexity index is 450. The Kier molecular flexibility index (Phi) is 10.2. The predicted molar refractivity (Wildman–Crippen MR) is 85.8 cm³/mol. The molecule has 5 nitrogen and oxygen atoms in total. The van der Waals surface area contributed by atoms with E-state index in [0.29, 0.717) is 6.42 Å². The lowest BCUT2D eigenvalue weighted by Gasteiger charge is -2.02. The van der Waals surface area contributed by atoms with E-state index < -0.39 is 0 Å². The molecule has 0 atom stereocenters. The maximum atomic E-state index is 10.9. The number of nitrogens with one attached hydrogen (secondary N) is 1. The second-order valence-corrected chi connectivity index (χ2v) is 5.79. The summed E-state index contributed by atoms with van der Waals surface area (Å²) < 4.78 is 9.62. The molecule has 0 amide bonds. The van der Waals surface area contributed by atoms with Gasteiger partial charge < -0.3 is 9.26 Å². The lowest BCUT2D eigenvalue weighted by Crippen LogP contribution is -1.99. The smallest absolute Gasteiger partial charge is 0.305 e. The Labute approximate surface area is 132 Å². The van der Waals surface area contributed by atoms with Crippen molar-refractivity contribution in [3.8, 4) is 0 Å². The van der Waals surface area contributed by atoms with Crippen molar-refractivity contribution in [3.63, 3.8) is 0 Å². The molecule has 1 N–H and O–H groups in total. The Morgan fingerprint density at radius 3 is 2.05 bits per heavy atom. The lowest BCUT2D eigenvalue weighted by molar-refractivity contribution is -0.140. The molecule has 0 bridgehead atoms. The third-order valence-electron chi connectivity index (χ3n) is 3.86. The highest BCUT2D eigenvalue weighted by Crippen LogP contribution is 2.12. The molecule has 1 aromatic rings. The van der Waals surface area contributed by atoms with Crippen LogP contribution in [0, 0.1) is 0 Å². The molecule has 0 saturated carbocycles. The van der Waals surface area contributed by atoms with Crippen LogP contribution in [0.15, 0.2) is 15.4 Å². The molecule has 0 fully saturated rings. The third-order valence-corrected chi connectivity index (χ3v) is 3.86. The number of unbranched alkanes of at least 4 members (excludes halogenated alkanes) is 9. The normalized spacial score (nSPS) is 10.8. The van der Waals surface area contributed by atoms with Crippen molar-refractivity contribution in [2.45, 2.75) is 77.0 Å². The van der Waals surface area contributed by atoms with Crippen LogP contribution >= 0.6 is 0 Å². The fraction of sp³-hybridized carbons (Fsp3) is 0.765. The van der Waals surface area contributed by atoms with E-state index in [9.17, 15) is 9.59 Å². The van der Waals surface area contributed by atoms with Crippen molar-refractivity contribution < 1.29 is 14.1 Å². The molecular formula is C17H29NO4. The molecule has 0 radical (unpaired) electrons. The van der Waals surface area contributed by atoms with Gasteiger partial charge in [0.25, 0.3) is 5.56 Å². The van der Waals surface area contributed by atoms with E-state index >= 15 is 0 Å². The number of methoxy groups -OCH3 is 1. The summed E-state index contributed by atoms with van der Waals surface area (Å²) in [5.74, 6) is 0.663. The fourth-order valence-corrected chi connectivity index (χ4v) is 2.53. The van der Waals surface area contributed by atoms with Crippen LogP contribution in [-0.4, -0.2) is 18.2 Å². The van der Waals surface area contributed by atoms with Gasteiger partial charge >= 0.3 is 5.97 Å². The Morgan fingerprint density at radius 1 is 1.00 bits per heavy atom. The van der Waals surface area contributed by atoms with Gasteiger partial charge in [-0.05, 0) is 12.8 Å². The summed E-state index contributed by atoms with van der Waals surface area (Å²) in [6.07, 6.45) is 13.3. The van der Waals surface area contributed by atoms with Crippen LogP contribution in [0.4, 0.5) is 0 Å². The van der Waals surface area contributed by atoms with Crippen LogP contribution < -0.4 is 5.56 Å². The van der Waals surface area contributed by atoms with Crippen LogP contribution in [-0.2, 0) is 16.0 Å². The van der Waals surface area contributed by atoms with Gasteiger partial charge in [0.15, 0.2) is 0 Å². The number of ether oxygens (including phenoxy) is 1. The second kappa shape index (κ2) is 12.1. The Balaban J connectivity index is 1.78. The fourth-order valence-electron chi connectivity index (χ4n) is 2.53. The molecular weight excluding hydrogens is 282 g/mol. The third kappa shape index (κ3) is 9.42. The predicted octanol–water partition coefficient (Wildman–Crippen LogP) is 3.97. The first-order chi connectivity index (χ1) is 10.7. The van der Waals surface area contributed by atoms with Crippen molar-refractivity contribution in [3.05, 3.63) is 22.2 Å². The van der Waals surface area contributed by atoms with E-state index in [1.165, 1.54) is 58.1 Å². The van der Waals surface area contributed by atoms with Crippen LogP contribution in [0.5, 0.6) is 0 Å². The average molecular weight is 311 g/mol. The Morgan fingerprint density at radius 2 is 1.55 bits per heavy atom. The number of aryl methyl sites for hydroxylation is 1. The molecule has 0 aliphatic rings. The maximum absolute atomic E-state index is 10.9. The number of esters is 1. The highest BCUT2D eigenvalue weighted by molar-refractivity contribution is 5.68. The van der Waals surface area contributed by atoms with Crippen LogP contribution in [0.25, 0.3) is 0 Å². The average Bonchev–Trinajstić information content (AvgIpc) is 2.93. The number of H-pyrrole nitrogens is 1. The van der Waals surface area contributed by atoms with Crippen molar-refractivity contribution in [1.82, 2.24) is 5.16 Å². The summed E-state index contributed by atoms with van der Waals surface area (Å²) in [7, 11) is 1.44. The summed E-state index contributed by atoms with van der Waals surface area (Å²) in [6.45, 7) is 0. The molecule has 0 aliphatic heterocycles. The quantitative estimate of drug-likeness (QED) is 0.442. The standard InChI is InChI=1S/C17H29NO4/c1-21-17(20)13-11-9-7-5-3-2-4-6-8-10-12-15-14-16(19)18-22-15/h14H,2-13H2,1H3,(H,18,19). The van der Waals surface area contributed by atoms with Crippen LogP contribution in [0.2, 0.25) is 0 Å². The number of aromatic amines is 1. The molecule has 22 heavy (non-hydrogen) atoms. The largest absolute Gasteiger partial charge is 0.469 e. The minimum Gasteiger partial charge on any atom is -0.469 e. The molecule has 0 unspecified atom stereocenters. The summed E-state index contributed by atoms with van der Waals surface area (Å²) >= 11 is 0. The summed E-state index contributed by atoms with van der Waals surface area (Å²) in [5, 5.41) is 2.31. The van der Waals surface area contributed by atoms with Crippen molar-refractivity contribution in [2.24, 2.45) is 0 Å².